The fraction of sp³-hybridized carbons (Fsp3) is 1.00. The predicted octanol–water partition coefficient (Wildman–Crippen LogP) is 3.37. The largest absolute Gasteiger partial charge is 0.302 e. The van der Waals surface area contributed by atoms with Crippen LogP contribution in [0.5, 0.6) is 0 Å². The monoisotopic (exact) mass is 205 g/mol. The van der Waals surface area contributed by atoms with E-state index in [1.54, 1.807) is 0 Å². The van der Waals surface area contributed by atoms with E-state index >= 15 is 0 Å². The summed E-state index contributed by atoms with van der Waals surface area (Å²) < 4.78 is 0. The molecule has 13 heavy (non-hydrogen) atoms. The van der Waals surface area contributed by atoms with Gasteiger partial charge in [-0.2, -0.15) is 0 Å². The number of nitrogens with zero attached hydrogens (tertiary/aromatic N) is 1. The molecule has 1 unspecified atom stereocenters. The van der Waals surface area contributed by atoms with Crippen LogP contribution in [0, 0.1) is 5.92 Å². The minimum absolute atomic E-state index is 0.763. The summed E-state index contributed by atoms with van der Waals surface area (Å²) in [4.78, 5) is 2.48. The van der Waals surface area contributed by atoms with Crippen molar-refractivity contribution in [1.82, 2.24) is 4.90 Å². The summed E-state index contributed by atoms with van der Waals surface area (Å²) >= 11 is 5.75. The summed E-state index contributed by atoms with van der Waals surface area (Å²) in [5, 5.41) is 0. The van der Waals surface area contributed by atoms with Crippen LogP contribution in [0.2, 0.25) is 0 Å². The zero-order valence-electron chi connectivity index (χ0n) is 9.35. The summed E-state index contributed by atoms with van der Waals surface area (Å²) in [7, 11) is 0. The zero-order valence-corrected chi connectivity index (χ0v) is 10.1. The van der Waals surface area contributed by atoms with E-state index in [1.807, 2.05) is 0 Å². The lowest BCUT2D eigenvalue weighted by Crippen LogP contribution is -2.31. The highest BCUT2D eigenvalue weighted by molar-refractivity contribution is 6.18. The molecular weight excluding hydrogens is 182 g/mol. The Morgan fingerprint density at radius 2 is 1.85 bits per heavy atom. The van der Waals surface area contributed by atoms with Crippen LogP contribution in [-0.2, 0) is 0 Å². The third kappa shape index (κ3) is 7.33. The van der Waals surface area contributed by atoms with Crippen molar-refractivity contribution in [1.29, 1.82) is 0 Å². The van der Waals surface area contributed by atoms with Gasteiger partial charge < -0.3 is 4.90 Å². The second kappa shape index (κ2) is 8.83. The number of rotatable bonds is 8. The molecule has 80 valence electrons. The van der Waals surface area contributed by atoms with Gasteiger partial charge >= 0.3 is 0 Å². The first-order valence-corrected chi connectivity index (χ1v) is 6.06. The first kappa shape index (κ1) is 13.2. The lowest BCUT2D eigenvalue weighted by atomic mass is 10.1. The Hall–Kier alpha value is 0.250. The average Bonchev–Trinajstić information content (AvgIpc) is 2.05. The molecule has 0 aromatic heterocycles. The lowest BCUT2D eigenvalue weighted by Gasteiger charge is -2.24. The number of hydrogen-bond donors (Lipinski definition) is 0. The Labute approximate surface area is 88.5 Å². The van der Waals surface area contributed by atoms with E-state index in [0.29, 0.717) is 0 Å². The van der Waals surface area contributed by atoms with Gasteiger partial charge in [0.05, 0.1) is 0 Å². The van der Waals surface area contributed by atoms with Crippen LogP contribution in [0.15, 0.2) is 0 Å². The average molecular weight is 206 g/mol. The van der Waals surface area contributed by atoms with E-state index in [0.717, 1.165) is 18.3 Å². The minimum atomic E-state index is 0.763. The number of alkyl halides is 1. The van der Waals surface area contributed by atoms with Crippen molar-refractivity contribution < 1.29 is 0 Å². The highest BCUT2D eigenvalue weighted by Crippen LogP contribution is 2.07. The van der Waals surface area contributed by atoms with E-state index in [4.69, 9.17) is 11.6 Å². The first-order chi connectivity index (χ1) is 6.24. The van der Waals surface area contributed by atoms with Crippen LogP contribution < -0.4 is 0 Å². The van der Waals surface area contributed by atoms with E-state index < -0.39 is 0 Å². The van der Waals surface area contributed by atoms with Crippen LogP contribution >= 0.6 is 11.6 Å². The first-order valence-electron chi connectivity index (χ1n) is 5.52. The van der Waals surface area contributed by atoms with Gasteiger partial charge in [0, 0.05) is 19.0 Å². The summed E-state index contributed by atoms with van der Waals surface area (Å²) in [6, 6.07) is 0. The predicted molar refractivity (Wildman–Crippen MR) is 61.5 cm³/mol. The summed E-state index contributed by atoms with van der Waals surface area (Å²) in [5.41, 5.74) is 0. The van der Waals surface area contributed by atoms with Gasteiger partial charge in [-0.3, -0.25) is 0 Å². The molecule has 1 nitrogen and oxygen atoms in total. The Balaban J connectivity index is 3.64. The molecule has 0 N–H and O–H groups in total. The van der Waals surface area contributed by atoms with E-state index in [1.165, 1.54) is 32.4 Å². The van der Waals surface area contributed by atoms with Gasteiger partial charge in [-0.15, -0.1) is 11.6 Å². The molecule has 0 bridgehead atoms. The lowest BCUT2D eigenvalue weighted by molar-refractivity contribution is 0.244. The molecule has 0 aliphatic heterocycles. The second-order valence-electron chi connectivity index (χ2n) is 3.88. The van der Waals surface area contributed by atoms with Crippen LogP contribution in [0.4, 0.5) is 0 Å². The third-order valence-corrected chi connectivity index (χ3v) is 2.46. The minimum Gasteiger partial charge on any atom is -0.302 e. The summed E-state index contributed by atoms with van der Waals surface area (Å²) in [6.07, 6.45) is 3.86. The molecule has 0 aromatic carbocycles. The Morgan fingerprint density at radius 3 is 2.31 bits per heavy atom. The van der Waals surface area contributed by atoms with Crippen molar-refractivity contribution in [2.45, 2.75) is 40.0 Å². The normalized spacial score (nSPS) is 13.6. The maximum absolute atomic E-state index is 5.75. The van der Waals surface area contributed by atoms with Gasteiger partial charge in [0.1, 0.15) is 0 Å². The maximum atomic E-state index is 5.75. The molecule has 0 fully saturated rings. The second-order valence-corrected chi connectivity index (χ2v) is 4.26. The molecule has 0 saturated carbocycles. The van der Waals surface area contributed by atoms with Crippen molar-refractivity contribution >= 4 is 11.6 Å². The van der Waals surface area contributed by atoms with Crippen molar-refractivity contribution in [3.63, 3.8) is 0 Å². The fourth-order valence-corrected chi connectivity index (χ4v) is 1.99. The zero-order chi connectivity index (χ0) is 10.1. The third-order valence-electron chi connectivity index (χ3n) is 2.29. The Kier molecular flexibility index (Phi) is 9.00. The smallest absolute Gasteiger partial charge is 0.0351 e. The number of hydrogen-bond acceptors (Lipinski definition) is 1. The molecule has 1 atom stereocenters. The molecule has 0 heterocycles. The van der Waals surface area contributed by atoms with Gasteiger partial charge in [-0.05, 0) is 25.3 Å². The van der Waals surface area contributed by atoms with Crippen molar-refractivity contribution in [3.8, 4) is 0 Å². The topological polar surface area (TPSA) is 3.24 Å². The molecule has 0 aliphatic rings. The molecule has 0 radical (unpaired) electrons. The molecular formula is C11H24ClN. The van der Waals surface area contributed by atoms with E-state index in [2.05, 4.69) is 25.7 Å². The molecule has 2 heteroatoms. The van der Waals surface area contributed by atoms with Crippen LogP contribution in [0.1, 0.15) is 40.0 Å². The van der Waals surface area contributed by atoms with E-state index in [9.17, 15) is 0 Å². The van der Waals surface area contributed by atoms with Gasteiger partial charge in [0.25, 0.3) is 0 Å². The Bertz CT molecular complexity index is 100. The summed E-state index contributed by atoms with van der Waals surface area (Å²) in [5.74, 6) is 1.58. The molecule has 0 spiro atoms. The fourth-order valence-electron chi connectivity index (χ4n) is 1.75. The van der Waals surface area contributed by atoms with E-state index in [-0.39, 0.29) is 0 Å². The van der Waals surface area contributed by atoms with Crippen LogP contribution in [-0.4, -0.2) is 30.4 Å². The highest BCUT2D eigenvalue weighted by Gasteiger charge is 2.07. The highest BCUT2D eigenvalue weighted by atomic mass is 35.5. The Morgan fingerprint density at radius 1 is 1.15 bits per heavy atom. The maximum Gasteiger partial charge on any atom is 0.0351 e. The van der Waals surface area contributed by atoms with Gasteiger partial charge in [-0.1, -0.05) is 27.2 Å². The quantitative estimate of drug-likeness (QED) is 0.550. The van der Waals surface area contributed by atoms with Crippen molar-refractivity contribution in [3.05, 3.63) is 0 Å². The molecule has 0 saturated heterocycles. The van der Waals surface area contributed by atoms with Crippen molar-refractivity contribution in [2.24, 2.45) is 5.92 Å². The van der Waals surface area contributed by atoms with Gasteiger partial charge in [0.2, 0.25) is 0 Å². The standard InChI is InChI=1S/C11H24ClN/c1-4-6-11(3)10-13(8-5-2)9-7-12/h11H,4-10H2,1-3H3. The molecule has 0 aromatic rings. The van der Waals surface area contributed by atoms with Gasteiger partial charge in [0.15, 0.2) is 0 Å². The summed E-state index contributed by atoms with van der Waals surface area (Å²) in [6.45, 7) is 10.3. The van der Waals surface area contributed by atoms with Gasteiger partial charge in [-0.25, -0.2) is 0 Å². The molecule has 0 rings (SSSR count). The molecule has 0 aliphatic carbocycles. The SMILES string of the molecule is CCCC(C)CN(CCC)CCCl. The van der Waals surface area contributed by atoms with Crippen LogP contribution in [0.3, 0.4) is 0 Å². The van der Waals surface area contributed by atoms with Crippen LogP contribution in [0.25, 0.3) is 0 Å². The molecule has 0 amide bonds. The van der Waals surface area contributed by atoms with Crippen molar-refractivity contribution in [2.75, 3.05) is 25.5 Å². The number of halogens is 1.